The van der Waals surface area contributed by atoms with E-state index < -0.39 is 5.97 Å². The third kappa shape index (κ3) is 4.19. The van der Waals surface area contributed by atoms with Gasteiger partial charge in [-0.25, -0.2) is 0 Å². The summed E-state index contributed by atoms with van der Waals surface area (Å²) in [5.74, 6) is -0.490. The van der Waals surface area contributed by atoms with Gasteiger partial charge in [-0.1, -0.05) is 24.0 Å². The van der Waals surface area contributed by atoms with E-state index in [2.05, 4.69) is 0 Å². The lowest BCUT2D eigenvalue weighted by Gasteiger charge is -2.12. The van der Waals surface area contributed by atoms with E-state index in [-0.39, 0.29) is 24.8 Å². The van der Waals surface area contributed by atoms with Crippen molar-refractivity contribution in [2.24, 2.45) is 0 Å². The molecule has 1 aliphatic rings. The fourth-order valence-electron chi connectivity index (χ4n) is 1.96. The molecule has 1 aliphatic heterocycles. The molecule has 1 N–H and O–H groups in total. The monoisotopic (exact) mass is 479 g/mol. The maximum atomic E-state index is 12.4. The zero-order valence-corrected chi connectivity index (χ0v) is 16.7. The molecule has 0 spiro atoms. The van der Waals surface area contributed by atoms with Crippen molar-refractivity contribution in [1.82, 2.24) is 4.90 Å². The first-order valence-corrected chi connectivity index (χ1v) is 9.15. The van der Waals surface area contributed by atoms with Crippen LogP contribution in [0.3, 0.4) is 0 Å². The van der Waals surface area contributed by atoms with Crippen molar-refractivity contribution in [3.63, 3.8) is 0 Å². The number of amides is 1. The number of hydrogen-bond donors (Lipinski definition) is 1. The summed E-state index contributed by atoms with van der Waals surface area (Å²) >= 11 is 8.25. The predicted octanol–water partition coefficient (Wildman–Crippen LogP) is 2.77. The molecule has 6 nitrogen and oxygen atoms in total. The van der Waals surface area contributed by atoms with E-state index in [0.29, 0.717) is 24.1 Å². The van der Waals surface area contributed by atoms with Gasteiger partial charge in [0.05, 0.1) is 22.2 Å². The number of carbonyl (C=O) groups is 2. The third-order valence-electron chi connectivity index (χ3n) is 3.03. The minimum Gasteiger partial charge on any atom is -0.504 e. The number of hydrogen-bond acceptors (Lipinski definition) is 7. The fourth-order valence-corrected chi connectivity index (χ4v) is 3.84. The molecular weight excluding hydrogens is 465 g/mol. The normalized spacial score (nSPS) is 16.0. The molecule has 1 heterocycles. The van der Waals surface area contributed by atoms with Crippen LogP contribution in [0.4, 0.5) is 0 Å². The first-order valence-electron chi connectivity index (χ1n) is 6.84. The number of methoxy groups -OCH3 is 1. The second kappa shape index (κ2) is 8.17. The molecule has 1 fully saturated rings. The summed E-state index contributed by atoms with van der Waals surface area (Å²) in [7, 11) is 1.45. The number of esters is 1. The number of thiocarbonyl (C=S) groups is 1. The van der Waals surface area contributed by atoms with Crippen molar-refractivity contribution in [2.75, 3.05) is 20.3 Å². The molecule has 0 atom stereocenters. The van der Waals surface area contributed by atoms with Crippen molar-refractivity contribution in [3.05, 3.63) is 26.2 Å². The highest BCUT2D eigenvalue weighted by molar-refractivity contribution is 14.1. The van der Waals surface area contributed by atoms with Crippen LogP contribution in [0.5, 0.6) is 11.5 Å². The average molecular weight is 479 g/mol. The van der Waals surface area contributed by atoms with Crippen LogP contribution in [0.25, 0.3) is 6.08 Å². The van der Waals surface area contributed by atoms with Crippen LogP contribution in [0.15, 0.2) is 17.0 Å². The Morgan fingerprint density at radius 1 is 1.50 bits per heavy atom. The van der Waals surface area contributed by atoms with Crippen LogP contribution in [-0.2, 0) is 14.3 Å². The topological polar surface area (TPSA) is 76.1 Å². The number of phenolic OH excluding ortho intramolecular Hbond substituents is 1. The molecule has 0 aromatic heterocycles. The molecular formula is C15H14INO5S2. The minimum atomic E-state index is -0.504. The van der Waals surface area contributed by atoms with E-state index in [1.165, 1.54) is 12.0 Å². The van der Waals surface area contributed by atoms with Crippen molar-refractivity contribution in [3.8, 4) is 11.5 Å². The van der Waals surface area contributed by atoms with Gasteiger partial charge in [0.25, 0.3) is 5.91 Å². The molecule has 2 rings (SSSR count). The van der Waals surface area contributed by atoms with Gasteiger partial charge in [-0.2, -0.15) is 0 Å². The van der Waals surface area contributed by atoms with Gasteiger partial charge in [0.15, 0.2) is 11.5 Å². The van der Waals surface area contributed by atoms with Gasteiger partial charge >= 0.3 is 5.97 Å². The number of ether oxygens (including phenoxy) is 2. The number of carbonyl (C=O) groups excluding carboxylic acids is 2. The van der Waals surface area contributed by atoms with E-state index >= 15 is 0 Å². The van der Waals surface area contributed by atoms with Gasteiger partial charge in [-0.3, -0.25) is 14.5 Å². The Morgan fingerprint density at radius 3 is 2.83 bits per heavy atom. The van der Waals surface area contributed by atoms with Crippen molar-refractivity contribution >= 4 is 68.8 Å². The molecule has 9 heteroatoms. The summed E-state index contributed by atoms with van der Waals surface area (Å²) < 4.78 is 10.9. The molecule has 0 saturated carbocycles. The van der Waals surface area contributed by atoms with Crippen LogP contribution in [0.1, 0.15) is 12.5 Å². The molecule has 1 amide bonds. The number of halogens is 1. The molecule has 0 aliphatic carbocycles. The van der Waals surface area contributed by atoms with E-state index in [9.17, 15) is 14.7 Å². The Balaban J connectivity index is 2.26. The summed E-state index contributed by atoms with van der Waals surface area (Å²) in [5.41, 5.74) is 0.686. The first kappa shape index (κ1) is 19.0. The highest BCUT2D eigenvalue weighted by Crippen LogP contribution is 2.36. The second-order valence-corrected chi connectivity index (χ2v) is 7.46. The standard InChI is InChI=1S/C15H14INO5S2/c1-3-22-12(18)7-17-14(20)11(24-15(17)23)6-8-4-9(16)13(19)10(5-8)21-2/h4-6,19H,3,7H2,1-2H3/b11-6-. The zero-order valence-electron chi connectivity index (χ0n) is 12.9. The second-order valence-electron chi connectivity index (χ2n) is 4.63. The lowest BCUT2D eigenvalue weighted by Crippen LogP contribution is -2.34. The summed E-state index contributed by atoms with van der Waals surface area (Å²) in [6.07, 6.45) is 1.65. The summed E-state index contributed by atoms with van der Waals surface area (Å²) in [5, 5.41) is 9.86. The number of thioether (sulfide) groups is 1. The number of nitrogens with zero attached hydrogens (tertiary/aromatic N) is 1. The van der Waals surface area contributed by atoms with Crippen molar-refractivity contribution < 1.29 is 24.2 Å². The Kier molecular flexibility index (Phi) is 6.47. The van der Waals surface area contributed by atoms with Crippen molar-refractivity contribution in [2.45, 2.75) is 6.92 Å². The van der Waals surface area contributed by atoms with Gasteiger partial charge < -0.3 is 14.6 Å². The largest absolute Gasteiger partial charge is 0.504 e. The van der Waals surface area contributed by atoms with E-state index in [4.69, 9.17) is 21.7 Å². The highest BCUT2D eigenvalue weighted by atomic mass is 127. The SMILES string of the molecule is CCOC(=O)CN1C(=O)/C(=C/c2cc(I)c(O)c(OC)c2)SC1=S. The van der Waals surface area contributed by atoms with Crippen LogP contribution in [-0.4, -0.2) is 46.5 Å². The molecule has 1 aromatic rings. The van der Waals surface area contributed by atoms with Gasteiger partial charge in [-0.15, -0.1) is 0 Å². The van der Waals surface area contributed by atoms with Crippen LogP contribution < -0.4 is 4.74 Å². The number of rotatable bonds is 5. The summed E-state index contributed by atoms with van der Waals surface area (Å²) in [6.45, 7) is 1.74. The fraction of sp³-hybridized carbons (Fsp3) is 0.267. The van der Waals surface area contributed by atoms with Gasteiger partial charge in [0.1, 0.15) is 10.9 Å². The Hall–Kier alpha value is -1.33. The lowest BCUT2D eigenvalue weighted by atomic mass is 10.2. The van der Waals surface area contributed by atoms with Gasteiger partial charge in [0, 0.05) is 0 Å². The quantitative estimate of drug-likeness (QED) is 0.301. The summed E-state index contributed by atoms with van der Waals surface area (Å²) in [6, 6.07) is 3.34. The Bertz CT molecular complexity index is 735. The number of phenols is 1. The third-order valence-corrected chi connectivity index (χ3v) is 5.23. The minimum absolute atomic E-state index is 0.0464. The Morgan fingerprint density at radius 2 is 2.21 bits per heavy atom. The first-order chi connectivity index (χ1) is 11.4. The van der Waals surface area contributed by atoms with Crippen LogP contribution in [0.2, 0.25) is 0 Å². The van der Waals surface area contributed by atoms with Crippen LogP contribution >= 0.6 is 46.6 Å². The Labute approximate surface area is 162 Å². The molecule has 0 unspecified atom stereocenters. The summed E-state index contributed by atoms with van der Waals surface area (Å²) in [4.78, 5) is 25.6. The van der Waals surface area contributed by atoms with Gasteiger partial charge in [-0.05, 0) is 53.3 Å². The smallest absolute Gasteiger partial charge is 0.326 e. The maximum absolute atomic E-state index is 12.4. The maximum Gasteiger partial charge on any atom is 0.326 e. The zero-order chi connectivity index (χ0) is 17.9. The number of aromatic hydroxyl groups is 1. The molecule has 24 heavy (non-hydrogen) atoms. The van der Waals surface area contributed by atoms with Gasteiger partial charge in [0.2, 0.25) is 0 Å². The molecule has 0 radical (unpaired) electrons. The lowest BCUT2D eigenvalue weighted by molar-refractivity contribution is -0.145. The van der Waals surface area contributed by atoms with E-state index in [0.717, 1.165) is 11.8 Å². The van der Waals surface area contributed by atoms with Crippen LogP contribution in [0, 0.1) is 3.57 Å². The molecule has 128 valence electrons. The number of benzene rings is 1. The average Bonchev–Trinajstić information content (AvgIpc) is 2.78. The molecule has 0 bridgehead atoms. The van der Waals surface area contributed by atoms with E-state index in [1.54, 1.807) is 25.1 Å². The molecule has 1 saturated heterocycles. The highest BCUT2D eigenvalue weighted by Gasteiger charge is 2.33. The van der Waals surface area contributed by atoms with Crippen molar-refractivity contribution in [1.29, 1.82) is 0 Å². The molecule has 1 aromatic carbocycles. The predicted molar refractivity (Wildman–Crippen MR) is 104 cm³/mol. The van der Waals surface area contributed by atoms with E-state index in [1.807, 2.05) is 22.6 Å².